The topological polar surface area (TPSA) is 61.8 Å². The van der Waals surface area contributed by atoms with E-state index in [0.29, 0.717) is 31.5 Å². The second kappa shape index (κ2) is 6.15. The summed E-state index contributed by atoms with van der Waals surface area (Å²) in [6.45, 7) is 7.46. The molecule has 0 aromatic rings. The third kappa shape index (κ3) is 2.38. The number of fused-ring (bicyclic) bond motifs is 6. The number of hydrogen-bond acceptors (Lipinski definition) is 5. The molecule has 0 radical (unpaired) electrons. The minimum Gasteiger partial charge on any atom is -0.462 e. The number of rotatable bonds is 1. The lowest BCUT2D eigenvalue weighted by molar-refractivity contribution is -0.240. The normalized spacial score (nSPS) is 46.5. The summed E-state index contributed by atoms with van der Waals surface area (Å²) in [4.78, 5) is 24.8. The number of allylic oxidation sites excluding steroid dienone is 1. The monoisotopic (exact) mass is 388 g/mol. The molecule has 4 aliphatic carbocycles. The van der Waals surface area contributed by atoms with Gasteiger partial charge in [-0.15, -0.1) is 0 Å². The van der Waals surface area contributed by atoms with E-state index in [9.17, 15) is 9.59 Å². The van der Waals surface area contributed by atoms with Gasteiger partial charge in [0.15, 0.2) is 11.6 Å². The quantitative estimate of drug-likeness (QED) is 0.640. The molecule has 3 saturated carbocycles. The number of esters is 1. The van der Waals surface area contributed by atoms with Gasteiger partial charge in [-0.2, -0.15) is 0 Å². The van der Waals surface area contributed by atoms with E-state index < -0.39 is 5.79 Å². The summed E-state index contributed by atoms with van der Waals surface area (Å²) in [6.07, 6.45) is 8.46. The van der Waals surface area contributed by atoms with Crippen molar-refractivity contribution in [3.8, 4) is 0 Å². The number of carbonyl (C=O) groups excluding carboxylic acids is 2. The van der Waals surface area contributed by atoms with Crippen LogP contribution in [0.1, 0.15) is 65.7 Å². The summed E-state index contributed by atoms with van der Waals surface area (Å²) >= 11 is 0. The predicted octanol–water partition coefficient (Wildman–Crippen LogP) is 3.80. The third-order valence-corrected chi connectivity index (χ3v) is 9.03. The fourth-order valence-corrected chi connectivity index (χ4v) is 7.59. The highest BCUT2D eigenvalue weighted by Gasteiger charge is 2.68. The van der Waals surface area contributed by atoms with Crippen molar-refractivity contribution in [2.45, 2.75) is 77.6 Å². The van der Waals surface area contributed by atoms with Crippen LogP contribution in [-0.4, -0.2) is 36.9 Å². The van der Waals surface area contributed by atoms with Crippen LogP contribution in [0.2, 0.25) is 0 Å². The van der Waals surface area contributed by atoms with Gasteiger partial charge in [0.1, 0.15) is 6.10 Å². The Bertz CT molecular complexity index is 735. The van der Waals surface area contributed by atoms with Gasteiger partial charge < -0.3 is 14.2 Å². The van der Waals surface area contributed by atoms with Crippen LogP contribution in [0.25, 0.3) is 0 Å². The van der Waals surface area contributed by atoms with Gasteiger partial charge in [0.25, 0.3) is 0 Å². The van der Waals surface area contributed by atoms with Crippen LogP contribution in [-0.2, 0) is 23.8 Å². The lowest BCUT2D eigenvalue weighted by atomic mass is 9.47. The summed E-state index contributed by atoms with van der Waals surface area (Å²) in [5.74, 6) is 0.374. The number of hydrogen-bond donors (Lipinski definition) is 0. The molecule has 6 atom stereocenters. The first-order chi connectivity index (χ1) is 13.3. The molecule has 4 fully saturated rings. The number of ether oxygens (including phenoxy) is 3. The van der Waals surface area contributed by atoms with Crippen LogP contribution in [0.3, 0.4) is 0 Å². The van der Waals surface area contributed by atoms with E-state index >= 15 is 0 Å². The fraction of sp³-hybridized carbons (Fsp3) is 0.826. The maximum Gasteiger partial charge on any atom is 0.302 e. The maximum atomic E-state index is 13.4. The first kappa shape index (κ1) is 18.8. The van der Waals surface area contributed by atoms with E-state index in [-0.39, 0.29) is 34.6 Å². The second-order valence-corrected chi connectivity index (χ2v) is 10.1. The van der Waals surface area contributed by atoms with Crippen LogP contribution in [0, 0.1) is 28.6 Å². The molecule has 0 aromatic carbocycles. The van der Waals surface area contributed by atoms with Crippen molar-refractivity contribution in [1.29, 1.82) is 0 Å². The predicted molar refractivity (Wildman–Crippen MR) is 102 cm³/mol. The Balaban J connectivity index is 1.47. The standard InChI is InChI=1S/C23H32O5/c1-14(24)28-16-4-7-21(2)15(12-16)13-19(25)20-17(21)5-8-22(3)18(20)6-9-23(22)26-10-11-27-23/h13,16-18,20H,4-12H2,1-3H3/t16-,17?,18?,20?,21-,22-/m0/s1. The highest BCUT2D eigenvalue weighted by atomic mass is 16.7. The van der Waals surface area contributed by atoms with Crippen molar-refractivity contribution in [2.24, 2.45) is 28.6 Å². The average molecular weight is 389 g/mol. The van der Waals surface area contributed by atoms with Crippen molar-refractivity contribution in [2.75, 3.05) is 13.2 Å². The largest absolute Gasteiger partial charge is 0.462 e. The molecule has 0 bridgehead atoms. The summed E-state index contributed by atoms with van der Waals surface area (Å²) in [5, 5.41) is 0. The van der Waals surface area contributed by atoms with E-state index in [1.54, 1.807) is 0 Å². The van der Waals surface area contributed by atoms with Gasteiger partial charge in [-0.3, -0.25) is 9.59 Å². The molecule has 154 valence electrons. The molecule has 5 rings (SSSR count). The lowest BCUT2D eigenvalue weighted by Gasteiger charge is -2.57. The van der Waals surface area contributed by atoms with Crippen LogP contribution < -0.4 is 0 Å². The van der Waals surface area contributed by atoms with Gasteiger partial charge in [0.05, 0.1) is 13.2 Å². The SMILES string of the molecule is CC(=O)O[C@H]1CC[C@@]2(C)C(=CC(=O)C3C2CC[C@@]2(C)C3CCC23OCCO3)C1. The molecule has 3 unspecified atom stereocenters. The molecule has 28 heavy (non-hydrogen) atoms. The Morgan fingerprint density at radius 1 is 1.07 bits per heavy atom. The zero-order chi connectivity index (χ0) is 19.7. The molecule has 0 amide bonds. The van der Waals surface area contributed by atoms with Crippen LogP contribution in [0.15, 0.2) is 11.6 Å². The second-order valence-electron chi connectivity index (χ2n) is 10.1. The molecule has 1 saturated heterocycles. The zero-order valence-electron chi connectivity index (χ0n) is 17.3. The maximum absolute atomic E-state index is 13.4. The van der Waals surface area contributed by atoms with E-state index in [0.717, 1.165) is 38.5 Å². The molecule has 1 aliphatic heterocycles. The molecular formula is C23H32O5. The smallest absolute Gasteiger partial charge is 0.302 e. The van der Waals surface area contributed by atoms with Gasteiger partial charge in [0.2, 0.25) is 0 Å². The van der Waals surface area contributed by atoms with E-state index in [1.165, 1.54) is 12.5 Å². The third-order valence-electron chi connectivity index (χ3n) is 9.03. The molecule has 1 heterocycles. The first-order valence-electron chi connectivity index (χ1n) is 11.0. The van der Waals surface area contributed by atoms with Crippen molar-refractivity contribution in [1.82, 2.24) is 0 Å². The summed E-state index contributed by atoms with van der Waals surface area (Å²) in [6, 6.07) is 0. The van der Waals surface area contributed by atoms with E-state index in [2.05, 4.69) is 13.8 Å². The molecular weight excluding hydrogens is 356 g/mol. The van der Waals surface area contributed by atoms with Crippen LogP contribution >= 0.6 is 0 Å². The fourth-order valence-electron chi connectivity index (χ4n) is 7.59. The summed E-state index contributed by atoms with van der Waals surface area (Å²) < 4.78 is 17.8. The van der Waals surface area contributed by atoms with Gasteiger partial charge in [-0.1, -0.05) is 19.4 Å². The highest BCUT2D eigenvalue weighted by molar-refractivity contribution is 5.94. The zero-order valence-corrected chi connectivity index (χ0v) is 17.3. The van der Waals surface area contributed by atoms with Crippen molar-refractivity contribution < 1.29 is 23.8 Å². The minimum absolute atomic E-state index is 0.0453. The molecule has 5 aliphatic rings. The van der Waals surface area contributed by atoms with Crippen molar-refractivity contribution in [3.05, 3.63) is 11.6 Å². The van der Waals surface area contributed by atoms with Crippen molar-refractivity contribution >= 4 is 11.8 Å². The summed E-state index contributed by atoms with van der Waals surface area (Å²) in [7, 11) is 0. The Labute approximate surface area is 167 Å². The van der Waals surface area contributed by atoms with Crippen molar-refractivity contribution in [3.63, 3.8) is 0 Å². The Morgan fingerprint density at radius 2 is 1.79 bits per heavy atom. The average Bonchev–Trinajstić information content (AvgIpc) is 3.23. The Kier molecular flexibility index (Phi) is 4.13. The van der Waals surface area contributed by atoms with Gasteiger partial charge in [-0.05, 0) is 55.4 Å². The molecule has 5 nitrogen and oxygen atoms in total. The van der Waals surface area contributed by atoms with Gasteiger partial charge in [-0.25, -0.2) is 0 Å². The Morgan fingerprint density at radius 3 is 2.50 bits per heavy atom. The highest BCUT2D eigenvalue weighted by Crippen LogP contribution is 2.68. The minimum atomic E-state index is -0.471. The van der Waals surface area contributed by atoms with Crippen LogP contribution in [0.4, 0.5) is 0 Å². The van der Waals surface area contributed by atoms with E-state index in [1.807, 2.05) is 6.08 Å². The van der Waals surface area contributed by atoms with E-state index in [4.69, 9.17) is 14.2 Å². The molecule has 0 N–H and O–H groups in total. The Hall–Kier alpha value is -1.20. The molecule has 0 aromatic heterocycles. The molecule has 5 heteroatoms. The lowest BCUT2D eigenvalue weighted by Crippen LogP contribution is -2.57. The summed E-state index contributed by atoms with van der Waals surface area (Å²) in [5.41, 5.74) is 1.18. The van der Waals surface area contributed by atoms with Gasteiger partial charge in [0, 0.05) is 31.1 Å². The number of ketones is 1. The first-order valence-corrected chi connectivity index (χ1v) is 11.0. The number of carbonyl (C=O) groups is 2. The molecule has 1 spiro atoms. The van der Waals surface area contributed by atoms with Gasteiger partial charge >= 0.3 is 5.97 Å². The van der Waals surface area contributed by atoms with Crippen LogP contribution in [0.5, 0.6) is 0 Å².